The Morgan fingerprint density at radius 2 is 1.85 bits per heavy atom. The maximum Gasteiger partial charge on any atom is 0.0508 e. The largest absolute Gasteiger partial charge is 0.384 e. The minimum absolute atomic E-state index is 0.438. The van der Waals surface area contributed by atoms with E-state index in [1.54, 1.807) is 16.7 Å². The van der Waals surface area contributed by atoms with E-state index in [1.165, 1.54) is 50.5 Å². The highest BCUT2D eigenvalue weighted by molar-refractivity contribution is 5.40. The zero-order valence-corrected chi connectivity index (χ0v) is 16.0. The molecule has 1 nitrogen and oxygen atoms in total. The minimum Gasteiger partial charge on any atom is -0.384 e. The molecule has 136 valence electrons. The van der Waals surface area contributed by atoms with Crippen LogP contribution in [0.2, 0.25) is 0 Å². The molecule has 0 saturated heterocycles. The first-order chi connectivity index (χ1) is 12.9. The van der Waals surface area contributed by atoms with Crippen molar-refractivity contribution in [1.29, 1.82) is 0 Å². The van der Waals surface area contributed by atoms with Crippen molar-refractivity contribution in [2.75, 3.05) is 0 Å². The molecule has 1 unspecified atom stereocenters. The van der Waals surface area contributed by atoms with E-state index in [0.717, 1.165) is 11.8 Å². The molecule has 0 aliphatic heterocycles. The van der Waals surface area contributed by atoms with Crippen molar-refractivity contribution in [3.05, 3.63) is 83.1 Å². The summed E-state index contributed by atoms with van der Waals surface area (Å²) in [6.07, 6.45) is 11.3. The molecule has 0 amide bonds. The molecule has 0 bridgehead atoms. The Balaban J connectivity index is 1.52. The van der Waals surface area contributed by atoms with Crippen molar-refractivity contribution < 1.29 is 0 Å². The van der Waals surface area contributed by atoms with Crippen LogP contribution in [-0.2, 0) is 6.42 Å². The Morgan fingerprint density at radius 3 is 2.69 bits per heavy atom. The number of unbranched alkanes of at least 4 members (excludes halogenated alkanes) is 1. The summed E-state index contributed by atoms with van der Waals surface area (Å²) in [6.45, 7) is 2.28. The molecule has 2 aliphatic rings. The van der Waals surface area contributed by atoms with Gasteiger partial charge in [-0.05, 0) is 66.8 Å². The summed E-state index contributed by atoms with van der Waals surface area (Å²) in [4.78, 5) is 0. The van der Waals surface area contributed by atoms with Gasteiger partial charge >= 0.3 is 0 Å². The van der Waals surface area contributed by atoms with Gasteiger partial charge in [0.1, 0.15) is 0 Å². The molecule has 2 aromatic rings. The Morgan fingerprint density at radius 1 is 1.04 bits per heavy atom. The van der Waals surface area contributed by atoms with Crippen LogP contribution in [0.15, 0.2) is 66.4 Å². The quantitative estimate of drug-likeness (QED) is 0.627. The first-order valence-corrected chi connectivity index (χ1v) is 10.4. The van der Waals surface area contributed by atoms with Crippen LogP contribution in [-0.4, -0.2) is 0 Å². The predicted octanol–water partition coefficient (Wildman–Crippen LogP) is 6.53. The van der Waals surface area contributed by atoms with Gasteiger partial charge in [-0.1, -0.05) is 79.9 Å². The Labute approximate surface area is 158 Å². The zero-order valence-electron chi connectivity index (χ0n) is 16.0. The second kappa shape index (κ2) is 8.12. The molecular weight excluding hydrogens is 314 g/mol. The predicted molar refractivity (Wildman–Crippen MR) is 110 cm³/mol. The van der Waals surface area contributed by atoms with Gasteiger partial charge in [0.15, 0.2) is 0 Å². The van der Waals surface area contributed by atoms with Crippen LogP contribution >= 0.6 is 0 Å². The van der Waals surface area contributed by atoms with Gasteiger partial charge in [-0.2, -0.15) is 0 Å². The van der Waals surface area contributed by atoms with E-state index in [9.17, 15) is 0 Å². The van der Waals surface area contributed by atoms with Gasteiger partial charge in [-0.25, -0.2) is 0 Å². The maximum absolute atomic E-state index is 3.82. The average molecular weight is 346 g/mol. The fourth-order valence-corrected chi connectivity index (χ4v) is 4.96. The van der Waals surface area contributed by atoms with Crippen molar-refractivity contribution in [2.24, 2.45) is 5.92 Å². The van der Waals surface area contributed by atoms with Crippen LogP contribution < -0.4 is 5.32 Å². The van der Waals surface area contributed by atoms with Crippen LogP contribution in [0.25, 0.3) is 0 Å². The van der Waals surface area contributed by atoms with Gasteiger partial charge in [0, 0.05) is 0 Å². The van der Waals surface area contributed by atoms with Crippen LogP contribution in [0, 0.1) is 5.92 Å². The number of allylic oxidation sites excluding steroid dienone is 1. The molecule has 3 atom stereocenters. The van der Waals surface area contributed by atoms with Crippen LogP contribution in [0.1, 0.15) is 74.1 Å². The third-order valence-electron chi connectivity index (χ3n) is 6.36. The van der Waals surface area contributed by atoms with E-state index >= 15 is 0 Å². The molecule has 0 aromatic heterocycles. The van der Waals surface area contributed by atoms with Crippen molar-refractivity contribution in [3.63, 3.8) is 0 Å². The molecule has 2 aromatic carbocycles. The lowest BCUT2D eigenvalue weighted by Crippen LogP contribution is -2.21. The van der Waals surface area contributed by atoms with Crippen LogP contribution in [0.5, 0.6) is 0 Å². The highest BCUT2D eigenvalue weighted by atomic mass is 14.9. The molecule has 1 fully saturated rings. The number of hydrogen-bond acceptors (Lipinski definition) is 1. The van der Waals surface area contributed by atoms with Crippen LogP contribution in [0.4, 0.5) is 0 Å². The Bertz CT molecular complexity index is 746. The SMILES string of the molecule is CCCCC(N/C=C1/CCC[C@H]2c3ccccc3C[C@@H]12)c1ccccc1. The van der Waals surface area contributed by atoms with E-state index in [4.69, 9.17) is 0 Å². The molecule has 0 radical (unpaired) electrons. The van der Waals surface area contributed by atoms with Gasteiger partial charge in [0.25, 0.3) is 0 Å². The van der Waals surface area contributed by atoms with E-state index in [0.29, 0.717) is 6.04 Å². The first kappa shape index (κ1) is 17.4. The Hall–Kier alpha value is -2.02. The number of benzene rings is 2. The molecule has 1 N–H and O–H groups in total. The maximum atomic E-state index is 3.82. The number of rotatable bonds is 6. The van der Waals surface area contributed by atoms with Crippen molar-refractivity contribution in [2.45, 2.75) is 63.8 Å². The van der Waals surface area contributed by atoms with Gasteiger partial charge in [0.2, 0.25) is 0 Å². The summed E-state index contributed by atoms with van der Waals surface area (Å²) in [7, 11) is 0. The highest BCUT2D eigenvalue weighted by Crippen LogP contribution is 2.48. The monoisotopic (exact) mass is 345 g/mol. The summed E-state index contributed by atoms with van der Waals surface area (Å²) < 4.78 is 0. The van der Waals surface area contributed by atoms with E-state index < -0.39 is 0 Å². The van der Waals surface area contributed by atoms with E-state index in [1.807, 2.05) is 0 Å². The summed E-state index contributed by atoms with van der Waals surface area (Å²) >= 11 is 0. The lowest BCUT2D eigenvalue weighted by Gasteiger charge is -2.30. The number of nitrogens with one attached hydrogen (secondary N) is 1. The fraction of sp³-hybridized carbons (Fsp3) is 0.440. The third kappa shape index (κ3) is 3.58. The lowest BCUT2D eigenvalue weighted by molar-refractivity contribution is 0.411. The Kier molecular flexibility index (Phi) is 5.43. The molecule has 1 saturated carbocycles. The number of fused-ring (bicyclic) bond motifs is 3. The third-order valence-corrected chi connectivity index (χ3v) is 6.36. The summed E-state index contributed by atoms with van der Waals surface area (Å²) in [6, 6.07) is 20.5. The smallest absolute Gasteiger partial charge is 0.0508 e. The van der Waals surface area contributed by atoms with E-state index in [-0.39, 0.29) is 0 Å². The molecular formula is C25H31N. The molecule has 0 heterocycles. The molecule has 2 aliphatic carbocycles. The normalized spacial score (nSPS) is 24.1. The van der Waals surface area contributed by atoms with Crippen LogP contribution in [0.3, 0.4) is 0 Å². The second-order valence-electron chi connectivity index (χ2n) is 8.00. The van der Waals surface area contributed by atoms with Gasteiger partial charge < -0.3 is 5.32 Å². The van der Waals surface area contributed by atoms with Crippen molar-refractivity contribution in [3.8, 4) is 0 Å². The topological polar surface area (TPSA) is 12.0 Å². The zero-order chi connectivity index (χ0) is 17.8. The van der Waals surface area contributed by atoms with Crippen molar-refractivity contribution >= 4 is 0 Å². The summed E-state index contributed by atoms with van der Waals surface area (Å²) in [5.41, 5.74) is 6.27. The van der Waals surface area contributed by atoms with Gasteiger partial charge in [-0.15, -0.1) is 0 Å². The number of hydrogen-bond donors (Lipinski definition) is 1. The second-order valence-corrected chi connectivity index (χ2v) is 8.00. The molecule has 4 rings (SSSR count). The standard InChI is InChI=1S/C25H31N/c1-2-3-16-25(19-10-5-4-6-11-19)26-18-21-13-9-15-23-22-14-8-7-12-20(22)17-24(21)23/h4-8,10-12,14,18,23-26H,2-3,9,13,15-17H2,1H3/b21-18-/t23-,24-,25?/m0/s1. The minimum atomic E-state index is 0.438. The fourth-order valence-electron chi connectivity index (χ4n) is 4.96. The highest BCUT2D eigenvalue weighted by Gasteiger charge is 2.36. The summed E-state index contributed by atoms with van der Waals surface area (Å²) in [5.74, 6) is 1.47. The first-order valence-electron chi connectivity index (χ1n) is 10.4. The molecule has 0 spiro atoms. The van der Waals surface area contributed by atoms with Gasteiger partial charge in [-0.3, -0.25) is 0 Å². The van der Waals surface area contributed by atoms with Crippen molar-refractivity contribution in [1.82, 2.24) is 5.32 Å². The average Bonchev–Trinajstić information content (AvgIpc) is 3.08. The van der Waals surface area contributed by atoms with E-state index in [2.05, 4.69) is 73.0 Å². The molecule has 26 heavy (non-hydrogen) atoms. The molecule has 1 heteroatoms. The summed E-state index contributed by atoms with van der Waals surface area (Å²) in [5, 5.41) is 3.82. The lowest BCUT2D eigenvalue weighted by atomic mass is 9.76. The van der Waals surface area contributed by atoms with Gasteiger partial charge in [0.05, 0.1) is 6.04 Å².